The lowest BCUT2D eigenvalue weighted by atomic mass is 9.93. The average molecular weight is 423 g/mol. The summed E-state index contributed by atoms with van der Waals surface area (Å²) >= 11 is 0. The number of anilines is 2. The Bertz CT molecular complexity index is 789. The monoisotopic (exact) mass is 422 g/mol. The van der Waals surface area contributed by atoms with Gasteiger partial charge in [0.15, 0.2) is 0 Å². The van der Waals surface area contributed by atoms with Crippen molar-refractivity contribution < 1.29 is 0 Å². The molecule has 1 aliphatic rings. The van der Waals surface area contributed by atoms with Crippen molar-refractivity contribution >= 4 is 11.4 Å². The molecule has 0 atom stereocenters. The molecule has 0 radical (unpaired) electrons. The zero-order valence-electron chi connectivity index (χ0n) is 21.5. The largest absolute Gasteiger partial charge is 0.398 e. The van der Waals surface area contributed by atoms with Crippen molar-refractivity contribution in [2.75, 3.05) is 17.2 Å². The molecule has 1 aliphatic heterocycles. The molecular formula is C29H46N2. The van der Waals surface area contributed by atoms with Crippen molar-refractivity contribution in [2.45, 2.75) is 92.9 Å². The van der Waals surface area contributed by atoms with Crippen LogP contribution in [-0.2, 0) is 6.42 Å². The summed E-state index contributed by atoms with van der Waals surface area (Å²) in [5.74, 6) is 1.62. The van der Waals surface area contributed by atoms with Gasteiger partial charge in [0, 0.05) is 24.1 Å². The number of nitrogen functional groups attached to an aromatic ring is 1. The van der Waals surface area contributed by atoms with Crippen molar-refractivity contribution in [3.63, 3.8) is 0 Å². The van der Waals surface area contributed by atoms with Gasteiger partial charge in [0.25, 0.3) is 0 Å². The summed E-state index contributed by atoms with van der Waals surface area (Å²) in [5.41, 5.74) is 14.0. The first-order valence-corrected chi connectivity index (χ1v) is 12.2. The summed E-state index contributed by atoms with van der Waals surface area (Å²) in [6.45, 7) is 20.6. The zero-order valence-corrected chi connectivity index (χ0v) is 21.5. The minimum absolute atomic E-state index is 0.513. The molecule has 0 saturated heterocycles. The average Bonchev–Trinajstić information content (AvgIpc) is 3.29. The molecule has 3 rings (SSSR count). The van der Waals surface area contributed by atoms with E-state index in [2.05, 4.69) is 102 Å². The first-order valence-electron chi connectivity index (χ1n) is 12.2. The molecule has 2 N–H and O–H groups in total. The van der Waals surface area contributed by atoms with E-state index < -0.39 is 0 Å². The number of aryl methyl sites for hydroxylation is 1. The third-order valence-electron chi connectivity index (χ3n) is 5.68. The Hall–Kier alpha value is -2.22. The molecule has 31 heavy (non-hydrogen) atoms. The second-order valence-corrected chi connectivity index (χ2v) is 8.89. The van der Waals surface area contributed by atoms with Gasteiger partial charge in [-0.15, -0.1) is 0 Å². The van der Waals surface area contributed by atoms with Gasteiger partial charge >= 0.3 is 0 Å². The van der Waals surface area contributed by atoms with Crippen molar-refractivity contribution in [1.82, 2.24) is 0 Å². The molecule has 0 aliphatic carbocycles. The van der Waals surface area contributed by atoms with Crippen molar-refractivity contribution in [3.8, 4) is 0 Å². The van der Waals surface area contributed by atoms with Crippen LogP contribution in [0.4, 0.5) is 11.4 Å². The highest BCUT2D eigenvalue weighted by Crippen LogP contribution is 2.33. The molecule has 0 amide bonds. The Kier molecular flexibility index (Phi) is 11.5. The van der Waals surface area contributed by atoms with E-state index in [4.69, 9.17) is 5.73 Å². The highest BCUT2D eigenvalue weighted by atomic mass is 15.1. The second-order valence-electron chi connectivity index (χ2n) is 8.89. The van der Waals surface area contributed by atoms with Crippen LogP contribution >= 0.6 is 0 Å². The smallest absolute Gasteiger partial charge is 0.0473 e. The molecule has 0 fully saturated rings. The highest BCUT2D eigenvalue weighted by Gasteiger charge is 2.16. The zero-order chi connectivity index (χ0) is 23.6. The lowest BCUT2D eigenvalue weighted by molar-refractivity contribution is 0.840. The maximum atomic E-state index is 6.09. The van der Waals surface area contributed by atoms with E-state index in [-0.39, 0.29) is 0 Å². The summed E-state index contributed by atoms with van der Waals surface area (Å²) in [4.78, 5) is 2.41. The Morgan fingerprint density at radius 1 is 0.806 bits per heavy atom. The normalized spacial score (nSPS) is 12.7. The molecule has 1 heterocycles. The number of hydrogen-bond acceptors (Lipinski definition) is 2. The summed E-state index contributed by atoms with van der Waals surface area (Å²) in [5, 5.41) is 0. The third kappa shape index (κ3) is 7.16. The summed E-state index contributed by atoms with van der Waals surface area (Å²) in [6.07, 6.45) is 6.78. The number of nitrogens with two attached hydrogens (primary N) is 1. The third-order valence-corrected chi connectivity index (χ3v) is 5.68. The van der Waals surface area contributed by atoms with Gasteiger partial charge < -0.3 is 10.6 Å². The van der Waals surface area contributed by atoms with E-state index >= 15 is 0 Å². The number of para-hydroxylation sites is 2. The molecule has 2 aromatic rings. The number of hydrogen-bond donors (Lipinski definition) is 1. The SMILES string of the molecule is CC.CC(C)c1cccc(C(C)C)c1N.CCc1cccc(C(C)C)c1N1C=CCC1. The van der Waals surface area contributed by atoms with Gasteiger partial charge in [0.05, 0.1) is 0 Å². The molecule has 2 aromatic carbocycles. The number of rotatable bonds is 5. The van der Waals surface area contributed by atoms with Crippen molar-refractivity contribution in [1.29, 1.82) is 0 Å². The van der Waals surface area contributed by atoms with Gasteiger partial charge in [-0.05, 0) is 52.8 Å². The molecule has 2 heteroatoms. The Balaban J connectivity index is 0.000000293. The fourth-order valence-electron chi connectivity index (χ4n) is 4.00. The lowest BCUT2D eigenvalue weighted by Gasteiger charge is -2.24. The van der Waals surface area contributed by atoms with E-state index in [1.165, 1.54) is 34.4 Å². The van der Waals surface area contributed by atoms with Crippen LogP contribution in [0.15, 0.2) is 48.7 Å². The minimum Gasteiger partial charge on any atom is -0.398 e. The maximum Gasteiger partial charge on any atom is 0.0473 e. The standard InChI is InChI=1S/C15H21N.C12H19N.C2H6/c1-4-13-8-7-9-14(12(2)3)15(13)16-10-5-6-11-16;1-8(2)10-6-5-7-11(9(3)4)12(10)13;1-2/h5,7-10,12H,4,6,11H2,1-3H3;5-9H,13H2,1-4H3;1-2H3. The second kappa shape index (κ2) is 13.2. The van der Waals surface area contributed by atoms with Crippen LogP contribution in [0.5, 0.6) is 0 Å². The topological polar surface area (TPSA) is 29.3 Å². The van der Waals surface area contributed by atoms with E-state index in [0.717, 1.165) is 18.7 Å². The van der Waals surface area contributed by atoms with Gasteiger partial charge in [0.2, 0.25) is 0 Å². The van der Waals surface area contributed by atoms with E-state index in [0.29, 0.717) is 17.8 Å². The molecule has 0 bridgehead atoms. The summed E-state index contributed by atoms with van der Waals surface area (Å²) < 4.78 is 0. The minimum atomic E-state index is 0.513. The van der Waals surface area contributed by atoms with Crippen LogP contribution in [-0.4, -0.2) is 6.54 Å². The molecule has 2 nitrogen and oxygen atoms in total. The molecule has 0 spiro atoms. The van der Waals surface area contributed by atoms with Gasteiger partial charge in [-0.1, -0.05) is 105 Å². The van der Waals surface area contributed by atoms with E-state index in [1.807, 2.05) is 13.8 Å². The predicted octanol–water partition coefficient (Wildman–Crippen LogP) is 8.64. The van der Waals surface area contributed by atoms with Crippen LogP contribution in [0.1, 0.15) is 109 Å². The van der Waals surface area contributed by atoms with Crippen LogP contribution in [0, 0.1) is 0 Å². The maximum absolute atomic E-state index is 6.09. The summed E-state index contributed by atoms with van der Waals surface area (Å²) in [7, 11) is 0. The first kappa shape index (κ1) is 26.8. The van der Waals surface area contributed by atoms with Gasteiger partial charge in [-0.25, -0.2) is 0 Å². The molecular weight excluding hydrogens is 376 g/mol. The summed E-state index contributed by atoms with van der Waals surface area (Å²) in [6, 6.07) is 13.1. The lowest BCUT2D eigenvalue weighted by Crippen LogP contribution is -2.16. The van der Waals surface area contributed by atoms with Gasteiger partial charge in [-0.2, -0.15) is 0 Å². The number of benzene rings is 2. The number of nitrogens with zero attached hydrogens (tertiary/aromatic N) is 1. The van der Waals surface area contributed by atoms with Crippen molar-refractivity contribution in [2.24, 2.45) is 0 Å². The molecule has 0 saturated carbocycles. The Morgan fingerprint density at radius 2 is 1.29 bits per heavy atom. The fraction of sp³-hybridized carbons (Fsp3) is 0.517. The Morgan fingerprint density at radius 3 is 1.71 bits per heavy atom. The predicted molar refractivity (Wildman–Crippen MR) is 141 cm³/mol. The van der Waals surface area contributed by atoms with E-state index in [1.54, 1.807) is 0 Å². The van der Waals surface area contributed by atoms with Gasteiger partial charge in [-0.3, -0.25) is 0 Å². The fourth-order valence-corrected chi connectivity index (χ4v) is 4.00. The van der Waals surface area contributed by atoms with Crippen LogP contribution in [0.2, 0.25) is 0 Å². The van der Waals surface area contributed by atoms with Crippen LogP contribution in [0.25, 0.3) is 0 Å². The first-order chi connectivity index (χ1) is 14.8. The molecule has 172 valence electrons. The highest BCUT2D eigenvalue weighted by molar-refractivity contribution is 5.63. The van der Waals surface area contributed by atoms with Gasteiger partial charge in [0.1, 0.15) is 0 Å². The van der Waals surface area contributed by atoms with Crippen molar-refractivity contribution in [3.05, 3.63) is 70.9 Å². The van der Waals surface area contributed by atoms with E-state index in [9.17, 15) is 0 Å². The molecule has 0 unspecified atom stereocenters. The van der Waals surface area contributed by atoms with Crippen LogP contribution < -0.4 is 10.6 Å². The quantitative estimate of drug-likeness (QED) is 0.488. The molecule has 0 aromatic heterocycles. The van der Waals surface area contributed by atoms with Crippen LogP contribution in [0.3, 0.4) is 0 Å². The Labute approximate surface area is 192 Å².